The number of H-pyrrole nitrogens is 1. The van der Waals surface area contributed by atoms with Gasteiger partial charge in [0.1, 0.15) is 17.2 Å². The highest BCUT2D eigenvalue weighted by Gasteiger charge is 2.09. The quantitative estimate of drug-likeness (QED) is 0.683. The number of aliphatic hydroxyl groups excluding tert-OH is 1. The fourth-order valence-electron chi connectivity index (χ4n) is 1.34. The van der Waals surface area contributed by atoms with Gasteiger partial charge in [0.15, 0.2) is 0 Å². The van der Waals surface area contributed by atoms with Crippen molar-refractivity contribution in [2.24, 2.45) is 0 Å². The molecule has 2 aromatic heterocycles. The van der Waals surface area contributed by atoms with E-state index in [1.807, 2.05) is 0 Å². The van der Waals surface area contributed by atoms with E-state index in [-0.39, 0.29) is 18.2 Å². The van der Waals surface area contributed by atoms with Crippen LogP contribution in [0.1, 0.15) is 5.82 Å². The van der Waals surface area contributed by atoms with Crippen molar-refractivity contribution in [2.75, 3.05) is 11.9 Å². The highest BCUT2D eigenvalue weighted by molar-refractivity contribution is 6.32. The Morgan fingerprint density at radius 3 is 3.06 bits per heavy atom. The molecule has 0 aliphatic rings. The minimum atomic E-state index is -0.451. The SMILES string of the molecule is O=c1c(Cl)c(NCc2ncn[nH]2)cnn1CCO. The Labute approximate surface area is 107 Å². The number of hydrogen-bond acceptors (Lipinski definition) is 6. The van der Waals surface area contributed by atoms with Crippen LogP contribution in [0.3, 0.4) is 0 Å². The number of halogens is 1. The fourth-order valence-corrected chi connectivity index (χ4v) is 1.55. The summed E-state index contributed by atoms with van der Waals surface area (Å²) in [5.74, 6) is 0.616. The van der Waals surface area contributed by atoms with E-state index in [9.17, 15) is 4.79 Å². The van der Waals surface area contributed by atoms with E-state index < -0.39 is 5.56 Å². The Kier molecular flexibility index (Phi) is 3.90. The molecule has 0 aromatic carbocycles. The van der Waals surface area contributed by atoms with Crippen molar-refractivity contribution in [3.63, 3.8) is 0 Å². The number of rotatable bonds is 5. The highest BCUT2D eigenvalue weighted by Crippen LogP contribution is 2.15. The predicted octanol–water partition coefficient (Wildman–Crippen LogP) is -0.381. The molecule has 0 saturated heterocycles. The maximum absolute atomic E-state index is 11.7. The van der Waals surface area contributed by atoms with E-state index >= 15 is 0 Å². The Bertz CT molecular complexity index is 567. The van der Waals surface area contributed by atoms with E-state index in [0.29, 0.717) is 18.1 Å². The van der Waals surface area contributed by atoms with Gasteiger partial charge in [-0.3, -0.25) is 9.89 Å². The zero-order valence-electron chi connectivity index (χ0n) is 9.30. The standard InChI is InChI=1S/C9H11ClN6O2/c10-8-6(11-4-7-12-5-13-15-7)3-14-16(1-2-17)9(8)18/h3,5,11,17H,1-2,4H2,(H,12,13,15). The number of aliphatic hydroxyl groups is 1. The van der Waals surface area contributed by atoms with E-state index in [1.54, 1.807) is 0 Å². The normalized spacial score (nSPS) is 10.6. The molecule has 0 aliphatic carbocycles. The summed E-state index contributed by atoms with van der Waals surface area (Å²) in [5.41, 5.74) is -0.0412. The number of aromatic nitrogens is 5. The van der Waals surface area contributed by atoms with Gasteiger partial charge in [-0.1, -0.05) is 11.6 Å². The van der Waals surface area contributed by atoms with Crippen LogP contribution in [0.5, 0.6) is 0 Å². The van der Waals surface area contributed by atoms with Gasteiger partial charge < -0.3 is 10.4 Å². The molecule has 0 spiro atoms. The molecule has 2 aromatic rings. The molecule has 0 amide bonds. The first-order valence-electron chi connectivity index (χ1n) is 5.17. The van der Waals surface area contributed by atoms with Gasteiger partial charge in [0.2, 0.25) is 0 Å². The minimum absolute atomic E-state index is 0.0259. The van der Waals surface area contributed by atoms with Crippen molar-refractivity contribution in [3.05, 3.63) is 33.7 Å². The number of aromatic amines is 1. The van der Waals surface area contributed by atoms with Gasteiger partial charge in [0.25, 0.3) is 5.56 Å². The summed E-state index contributed by atoms with van der Waals surface area (Å²) in [6.07, 6.45) is 2.81. The smallest absolute Gasteiger partial charge is 0.287 e. The van der Waals surface area contributed by atoms with Crippen LogP contribution in [-0.2, 0) is 13.1 Å². The Hall–Kier alpha value is -1.93. The van der Waals surface area contributed by atoms with Crippen molar-refractivity contribution in [1.82, 2.24) is 25.0 Å². The van der Waals surface area contributed by atoms with Crippen molar-refractivity contribution >= 4 is 17.3 Å². The van der Waals surface area contributed by atoms with Crippen LogP contribution >= 0.6 is 11.6 Å². The topological polar surface area (TPSA) is 109 Å². The monoisotopic (exact) mass is 270 g/mol. The number of anilines is 1. The van der Waals surface area contributed by atoms with E-state index in [4.69, 9.17) is 16.7 Å². The van der Waals surface area contributed by atoms with Crippen LogP contribution in [-0.4, -0.2) is 36.7 Å². The molecule has 0 saturated carbocycles. The molecular weight excluding hydrogens is 260 g/mol. The molecule has 0 bridgehead atoms. The Balaban J connectivity index is 2.14. The summed E-state index contributed by atoms with van der Waals surface area (Å²) >= 11 is 5.91. The molecule has 0 unspecified atom stereocenters. The summed E-state index contributed by atoms with van der Waals surface area (Å²) in [7, 11) is 0. The van der Waals surface area contributed by atoms with Crippen LogP contribution in [0, 0.1) is 0 Å². The molecule has 0 aliphatic heterocycles. The third kappa shape index (κ3) is 2.66. The van der Waals surface area contributed by atoms with E-state index in [0.717, 1.165) is 4.68 Å². The lowest BCUT2D eigenvalue weighted by molar-refractivity contribution is 0.266. The maximum Gasteiger partial charge on any atom is 0.287 e. The predicted molar refractivity (Wildman–Crippen MR) is 64.3 cm³/mol. The Morgan fingerprint density at radius 2 is 2.39 bits per heavy atom. The molecule has 0 radical (unpaired) electrons. The highest BCUT2D eigenvalue weighted by atomic mass is 35.5. The number of nitrogens with one attached hydrogen (secondary N) is 2. The van der Waals surface area contributed by atoms with Gasteiger partial charge in [-0.05, 0) is 0 Å². The molecule has 9 heteroatoms. The van der Waals surface area contributed by atoms with Gasteiger partial charge in [0.05, 0.1) is 31.6 Å². The number of nitrogens with zero attached hydrogens (tertiary/aromatic N) is 4. The third-order valence-electron chi connectivity index (χ3n) is 2.21. The zero-order valence-corrected chi connectivity index (χ0v) is 10.1. The van der Waals surface area contributed by atoms with Crippen molar-refractivity contribution in [2.45, 2.75) is 13.1 Å². The molecule has 0 atom stereocenters. The molecule has 0 fully saturated rings. The van der Waals surface area contributed by atoms with Gasteiger partial charge in [-0.25, -0.2) is 9.67 Å². The second-order valence-electron chi connectivity index (χ2n) is 3.41. The number of hydrogen-bond donors (Lipinski definition) is 3. The lowest BCUT2D eigenvalue weighted by atomic mass is 10.4. The van der Waals surface area contributed by atoms with E-state index in [1.165, 1.54) is 12.5 Å². The molecule has 3 N–H and O–H groups in total. The largest absolute Gasteiger partial charge is 0.394 e. The summed E-state index contributed by atoms with van der Waals surface area (Å²) in [5, 5.41) is 21.9. The molecule has 2 heterocycles. The van der Waals surface area contributed by atoms with Crippen LogP contribution < -0.4 is 10.9 Å². The second-order valence-corrected chi connectivity index (χ2v) is 3.79. The van der Waals surface area contributed by atoms with Gasteiger partial charge in [0, 0.05) is 0 Å². The van der Waals surface area contributed by atoms with E-state index in [2.05, 4.69) is 25.6 Å². The third-order valence-corrected chi connectivity index (χ3v) is 2.57. The minimum Gasteiger partial charge on any atom is -0.394 e. The Morgan fingerprint density at radius 1 is 1.56 bits per heavy atom. The molecule has 2 rings (SSSR count). The zero-order chi connectivity index (χ0) is 13.0. The van der Waals surface area contributed by atoms with Crippen LogP contribution in [0.4, 0.5) is 5.69 Å². The first-order valence-corrected chi connectivity index (χ1v) is 5.54. The summed E-state index contributed by atoms with van der Waals surface area (Å²) in [6, 6.07) is 0. The van der Waals surface area contributed by atoms with Gasteiger partial charge in [-0.2, -0.15) is 10.2 Å². The summed E-state index contributed by atoms with van der Waals surface area (Å²) in [6.45, 7) is 0.292. The summed E-state index contributed by atoms with van der Waals surface area (Å²) in [4.78, 5) is 15.6. The average Bonchev–Trinajstić information content (AvgIpc) is 2.87. The van der Waals surface area contributed by atoms with Crippen molar-refractivity contribution < 1.29 is 5.11 Å². The van der Waals surface area contributed by atoms with Crippen molar-refractivity contribution in [3.8, 4) is 0 Å². The van der Waals surface area contributed by atoms with Crippen LogP contribution in [0.15, 0.2) is 17.3 Å². The first-order chi connectivity index (χ1) is 8.72. The second kappa shape index (κ2) is 5.61. The maximum atomic E-state index is 11.7. The molecule has 18 heavy (non-hydrogen) atoms. The first kappa shape index (κ1) is 12.5. The summed E-state index contributed by atoms with van der Waals surface area (Å²) < 4.78 is 1.10. The van der Waals surface area contributed by atoms with Crippen molar-refractivity contribution in [1.29, 1.82) is 0 Å². The molecule has 8 nitrogen and oxygen atoms in total. The molecule has 96 valence electrons. The fraction of sp³-hybridized carbons (Fsp3) is 0.333. The van der Waals surface area contributed by atoms with Gasteiger partial charge >= 0.3 is 0 Å². The van der Waals surface area contributed by atoms with Crippen LogP contribution in [0.25, 0.3) is 0 Å². The van der Waals surface area contributed by atoms with Gasteiger partial charge in [-0.15, -0.1) is 0 Å². The lowest BCUT2D eigenvalue weighted by Gasteiger charge is -2.08. The lowest BCUT2D eigenvalue weighted by Crippen LogP contribution is -2.25. The van der Waals surface area contributed by atoms with Crippen LogP contribution in [0.2, 0.25) is 5.02 Å². The average molecular weight is 271 g/mol. The molecular formula is C9H11ClN6O2.